The molecule has 0 fully saturated rings. The van der Waals surface area contributed by atoms with E-state index in [1.165, 1.54) is 0 Å². The Kier molecular flexibility index (Phi) is 7.80. The van der Waals surface area contributed by atoms with Crippen molar-refractivity contribution in [3.63, 3.8) is 0 Å². The van der Waals surface area contributed by atoms with Crippen molar-refractivity contribution in [2.75, 3.05) is 5.75 Å². The lowest BCUT2D eigenvalue weighted by molar-refractivity contribution is 0.317. The van der Waals surface area contributed by atoms with Crippen LogP contribution in [0.4, 0.5) is 0 Å². The summed E-state index contributed by atoms with van der Waals surface area (Å²) in [5.74, 6) is 0.452. The molecule has 2 aromatic carbocycles. The highest BCUT2D eigenvalue weighted by molar-refractivity contribution is 7.91. The molecule has 0 spiro atoms. The molecule has 22 heavy (non-hydrogen) atoms. The lowest BCUT2D eigenvalue weighted by Crippen LogP contribution is -2.22. The average molecular weight is 339 g/mol. The Labute approximate surface area is 139 Å². The summed E-state index contributed by atoms with van der Waals surface area (Å²) >= 11 is -1.15. The molecule has 0 aromatic heterocycles. The molecule has 0 saturated heterocycles. The number of hydrogen-bond donors (Lipinski definition) is 2. The third-order valence-electron chi connectivity index (χ3n) is 3.16. The zero-order chi connectivity index (χ0) is 15.1. The topological polar surface area (TPSA) is 81.7 Å². The van der Waals surface area contributed by atoms with Gasteiger partial charge in [-0.25, -0.2) is 0 Å². The van der Waals surface area contributed by atoms with Crippen molar-refractivity contribution < 1.29 is 9.76 Å². The van der Waals surface area contributed by atoms with Crippen LogP contribution in [0.5, 0.6) is 0 Å². The van der Waals surface area contributed by atoms with Crippen molar-refractivity contribution in [1.29, 1.82) is 0 Å². The lowest BCUT2D eigenvalue weighted by atomic mass is 10.0. The second-order valence-corrected chi connectivity index (χ2v) is 6.27. The van der Waals surface area contributed by atoms with E-state index in [0.717, 1.165) is 11.1 Å². The Bertz CT molecular complexity index is 542. The maximum atomic E-state index is 12.7. The third-order valence-corrected chi connectivity index (χ3v) is 4.83. The van der Waals surface area contributed by atoms with E-state index in [0.29, 0.717) is 12.2 Å². The first-order chi connectivity index (χ1) is 10.2. The van der Waals surface area contributed by atoms with Crippen molar-refractivity contribution in [1.82, 2.24) is 0 Å². The molecule has 0 heterocycles. The minimum Gasteiger partial charge on any atom is -0.616 e. The number of benzene rings is 2. The number of amidine groups is 1. The molecule has 0 amide bonds. The van der Waals surface area contributed by atoms with Crippen LogP contribution in [0.15, 0.2) is 65.8 Å². The molecule has 0 bridgehead atoms. The molecule has 0 saturated carbocycles. The number of nitrogens with zero attached hydrogens (tertiary/aromatic N) is 1. The van der Waals surface area contributed by atoms with E-state index in [-0.39, 0.29) is 23.5 Å². The number of halogens is 1. The van der Waals surface area contributed by atoms with Gasteiger partial charge < -0.3 is 15.5 Å². The fourth-order valence-corrected chi connectivity index (χ4v) is 3.69. The van der Waals surface area contributed by atoms with Gasteiger partial charge in [0.2, 0.25) is 0 Å². The second-order valence-electron chi connectivity index (χ2n) is 4.63. The van der Waals surface area contributed by atoms with E-state index in [2.05, 4.69) is 5.16 Å². The van der Waals surface area contributed by atoms with Crippen LogP contribution in [0.3, 0.4) is 0 Å². The van der Waals surface area contributed by atoms with Crippen LogP contribution in [-0.2, 0) is 11.2 Å². The third kappa shape index (κ3) is 4.94. The highest BCUT2D eigenvalue weighted by atomic mass is 35.5. The Balaban J connectivity index is 0.00000242. The van der Waals surface area contributed by atoms with E-state index in [1.54, 1.807) is 0 Å². The van der Waals surface area contributed by atoms with Crippen molar-refractivity contribution in [2.45, 2.75) is 11.7 Å². The van der Waals surface area contributed by atoms with Gasteiger partial charge in [0, 0.05) is 11.1 Å². The van der Waals surface area contributed by atoms with E-state index >= 15 is 0 Å². The van der Waals surface area contributed by atoms with E-state index in [9.17, 15) is 4.55 Å². The summed E-state index contributed by atoms with van der Waals surface area (Å²) < 4.78 is 12.7. The Morgan fingerprint density at radius 1 is 1.05 bits per heavy atom. The molecule has 0 aliphatic heterocycles. The Morgan fingerprint density at radius 2 is 1.50 bits per heavy atom. The quantitative estimate of drug-likeness (QED) is 0.279. The number of rotatable bonds is 6. The summed E-state index contributed by atoms with van der Waals surface area (Å²) in [6.07, 6.45) is 0.305. The molecular formula is C16H19ClN2O2S. The van der Waals surface area contributed by atoms with Gasteiger partial charge in [0.25, 0.3) is 0 Å². The van der Waals surface area contributed by atoms with Gasteiger partial charge in [-0.2, -0.15) is 0 Å². The maximum absolute atomic E-state index is 12.7. The normalized spacial score (nSPS) is 12.7. The zero-order valence-electron chi connectivity index (χ0n) is 12.0. The van der Waals surface area contributed by atoms with Crippen LogP contribution >= 0.6 is 12.4 Å². The van der Waals surface area contributed by atoms with Gasteiger partial charge >= 0.3 is 0 Å². The van der Waals surface area contributed by atoms with Crippen molar-refractivity contribution in [2.24, 2.45) is 10.9 Å². The summed E-state index contributed by atoms with van der Waals surface area (Å²) in [5, 5.41) is 11.3. The Morgan fingerprint density at radius 3 is 1.91 bits per heavy atom. The number of nitrogens with two attached hydrogens (primary N) is 1. The molecule has 4 nitrogen and oxygen atoms in total. The first-order valence-electron chi connectivity index (χ1n) is 6.66. The molecule has 1 unspecified atom stereocenters. The highest BCUT2D eigenvalue weighted by Gasteiger charge is 2.26. The van der Waals surface area contributed by atoms with Crippen molar-refractivity contribution in [3.8, 4) is 0 Å². The smallest absolute Gasteiger partial charge is 0.165 e. The molecule has 1 atom stereocenters. The van der Waals surface area contributed by atoms with Gasteiger partial charge in [-0.3, -0.25) is 0 Å². The van der Waals surface area contributed by atoms with Crippen LogP contribution in [0, 0.1) is 0 Å². The van der Waals surface area contributed by atoms with E-state index in [1.807, 2.05) is 60.7 Å². The number of hydrogen-bond acceptors (Lipinski definition) is 3. The molecule has 118 valence electrons. The lowest BCUT2D eigenvalue weighted by Gasteiger charge is -2.22. The van der Waals surface area contributed by atoms with Gasteiger partial charge in [-0.05, 0) is 11.2 Å². The van der Waals surface area contributed by atoms with Gasteiger partial charge in [-0.15, -0.1) is 12.4 Å². The molecule has 3 N–H and O–H groups in total. The van der Waals surface area contributed by atoms with Crippen molar-refractivity contribution in [3.05, 3.63) is 71.8 Å². The van der Waals surface area contributed by atoms with Crippen LogP contribution in [0.25, 0.3) is 0 Å². The highest BCUT2D eigenvalue weighted by Crippen LogP contribution is 2.30. The van der Waals surface area contributed by atoms with Crippen LogP contribution < -0.4 is 5.73 Å². The molecule has 2 rings (SSSR count). The predicted molar refractivity (Wildman–Crippen MR) is 93.0 cm³/mol. The van der Waals surface area contributed by atoms with E-state index in [4.69, 9.17) is 10.9 Å². The summed E-state index contributed by atoms with van der Waals surface area (Å²) in [4.78, 5) is 0. The largest absolute Gasteiger partial charge is 0.616 e. The summed E-state index contributed by atoms with van der Waals surface area (Å²) in [5.41, 5.74) is 7.47. The fraction of sp³-hybridized carbons (Fsp3) is 0.188. The fourth-order valence-electron chi connectivity index (χ4n) is 2.12. The zero-order valence-corrected chi connectivity index (χ0v) is 13.6. The van der Waals surface area contributed by atoms with Crippen LogP contribution in [0.1, 0.15) is 22.8 Å². The first-order valence-corrected chi connectivity index (χ1v) is 8.04. The Hall–Kier alpha value is -1.69. The summed E-state index contributed by atoms with van der Waals surface area (Å²) in [6, 6.07) is 19.5. The standard InChI is InChI=1S/C16H18N2O2S.ClH/c17-15(18-19)11-12-21(20)16(13-7-3-1-4-8-13)14-9-5-2-6-10-14;/h1-10,16,19H,11-12H2,(H2,17,18);1H. The molecular weight excluding hydrogens is 320 g/mol. The molecule has 0 aliphatic carbocycles. The minimum atomic E-state index is -1.15. The van der Waals surface area contributed by atoms with Gasteiger partial charge in [-0.1, -0.05) is 65.8 Å². The van der Waals surface area contributed by atoms with Crippen LogP contribution in [0.2, 0.25) is 0 Å². The maximum Gasteiger partial charge on any atom is 0.165 e. The van der Waals surface area contributed by atoms with Crippen molar-refractivity contribution >= 4 is 29.4 Å². The predicted octanol–water partition coefficient (Wildman–Crippen LogP) is 3.08. The van der Waals surface area contributed by atoms with Gasteiger partial charge in [0.1, 0.15) is 11.6 Å². The van der Waals surface area contributed by atoms with Crippen LogP contribution in [-0.4, -0.2) is 21.3 Å². The monoisotopic (exact) mass is 338 g/mol. The molecule has 0 aliphatic rings. The second kappa shape index (κ2) is 9.35. The average Bonchev–Trinajstić information content (AvgIpc) is 2.55. The molecule has 6 heteroatoms. The molecule has 0 radical (unpaired) electrons. The first kappa shape index (κ1) is 18.4. The SMILES string of the molecule is Cl.NC(CC[S+]([O-])C(c1ccccc1)c1ccccc1)=NO. The number of oxime groups is 1. The summed E-state index contributed by atoms with van der Waals surface area (Å²) in [7, 11) is 0. The van der Waals surface area contributed by atoms with Gasteiger partial charge in [0.15, 0.2) is 5.25 Å². The van der Waals surface area contributed by atoms with E-state index < -0.39 is 11.2 Å². The molecule has 2 aromatic rings. The summed E-state index contributed by atoms with van der Waals surface area (Å²) in [6.45, 7) is 0. The minimum absolute atomic E-state index is 0. The van der Waals surface area contributed by atoms with Gasteiger partial charge in [0.05, 0.1) is 6.42 Å².